The summed E-state index contributed by atoms with van der Waals surface area (Å²) in [6.07, 6.45) is 2.28. The predicted molar refractivity (Wildman–Crippen MR) is 129 cm³/mol. The SMILES string of the molecule is Cc1c(-c2cc3cc(NC(=O)O[C@H]4CN(C)C[C@H]4C)ncc3c(N)c2F)cnc2c1NCCO2. The largest absolute Gasteiger partial charge is 0.474 e. The van der Waals surface area contributed by atoms with Crippen molar-refractivity contribution in [1.29, 1.82) is 0 Å². The minimum atomic E-state index is -0.574. The van der Waals surface area contributed by atoms with Crippen LogP contribution in [0, 0.1) is 18.7 Å². The van der Waals surface area contributed by atoms with Crippen LogP contribution < -0.4 is 21.1 Å². The van der Waals surface area contributed by atoms with E-state index < -0.39 is 11.9 Å². The van der Waals surface area contributed by atoms with Gasteiger partial charge in [0.15, 0.2) is 5.82 Å². The second-order valence-electron chi connectivity index (χ2n) is 8.96. The number of anilines is 3. The Morgan fingerprint density at radius 1 is 1.29 bits per heavy atom. The maximum atomic E-state index is 15.3. The molecule has 0 spiro atoms. The standard InChI is InChI=1S/C24H27FN6O3/c1-12-10-31(3)11-18(12)34-24(32)30-19-7-14-6-15(20(25)21(26)17(14)9-28-19)16-8-29-23-22(13(16)2)27-4-5-33-23/h6-9,12,18,27H,4-5,10-11,26H2,1-3H3,(H,28,30,32)/t12-,18+/m1/s1. The summed E-state index contributed by atoms with van der Waals surface area (Å²) in [5, 5.41) is 7.03. The number of halogens is 1. The minimum absolute atomic E-state index is 0.0155. The van der Waals surface area contributed by atoms with Crippen molar-refractivity contribution in [1.82, 2.24) is 14.9 Å². The molecule has 0 saturated carbocycles. The highest BCUT2D eigenvalue weighted by atomic mass is 19.1. The van der Waals surface area contributed by atoms with Gasteiger partial charge in [0.25, 0.3) is 0 Å². The van der Waals surface area contributed by atoms with E-state index in [1.807, 2.05) is 20.9 Å². The highest BCUT2D eigenvalue weighted by Gasteiger charge is 2.30. The summed E-state index contributed by atoms with van der Waals surface area (Å²) in [7, 11) is 1.99. The Hall–Kier alpha value is -3.66. The van der Waals surface area contributed by atoms with Gasteiger partial charge in [0.05, 0.1) is 5.69 Å². The molecule has 178 valence electrons. The topological polar surface area (TPSA) is 115 Å². The maximum Gasteiger partial charge on any atom is 0.413 e. The van der Waals surface area contributed by atoms with E-state index in [1.54, 1.807) is 18.3 Å². The van der Waals surface area contributed by atoms with Crippen molar-refractivity contribution in [3.05, 3.63) is 35.9 Å². The molecule has 3 aromatic rings. The normalized spacial score (nSPS) is 19.9. The molecule has 4 N–H and O–H groups in total. The predicted octanol–water partition coefficient (Wildman–Crippen LogP) is 3.63. The average Bonchev–Trinajstić information content (AvgIpc) is 3.13. The van der Waals surface area contributed by atoms with Gasteiger partial charge in [-0.25, -0.2) is 19.2 Å². The zero-order valence-corrected chi connectivity index (χ0v) is 19.3. The summed E-state index contributed by atoms with van der Waals surface area (Å²) in [6, 6.07) is 3.34. The van der Waals surface area contributed by atoms with Gasteiger partial charge in [0, 0.05) is 54.5 Å². The molecule has 10 heteroatoms. The fraction of sp³-hybridized carbons (Fsp3) is 0.375. The van der Waals surface area contributed by atoms with Crippen molar-refractivity contribution >= 4 is 34.1 Å². The summed E-state index contributed by atoms with van der Waals surface area (Å²) >= 11 is 0. The first-order valence-electron chi connectivity index (χ1n) is 11.2. The fourth-order valence-corrected chi connectivity index (χ4v) is 4.65. The summed E-state index contributed by atoms with van der Waals surface area (Å²) in [5.41, 5.74) is 8.60. The van der Waals surface area contributed by atoms with Gasteiger partial charge in [-0.15, -0.1) is 0 Å². The van der Waals surface area contributed by atoms with Crippen LogP contribution in [-0.2, 0) is 4.74 Å². The monoisotopic (exact) mass is 466 g/mol. The molecule has 0 aliphatic carbocycles. The number of rotatable bonds is 3. The number of likely N-dealkylation sites (tertiary alicyclic amines) is 1. The highest BCUT2D eigenvalue weighted by Crippen LogP contribution is 2.39. The van der Waals surface area contributed by atoms with E-state index in [4.69, 9.17) is 15.2 Å². The number of benzene rings is 1. The van der Waals surface area contributed by atoms with E-state index in [1.165, 1.54) is 6.20 Å². The van der Waals surface area contributed by atoms with Gasteiger partial charge in [-0.05, 0) is 37.1 Å². The molecular formula is C24H27FN6O3. The lowest BCUT2D eigenvalue weighted by Gasteiger charge is -2.22. The molecule has 5 rings (SSSR count). The number of fused-ring (bicyclic) bond motifs is 2. The Kier molecular flexibility index (Phi) is 5.60. The number of carbonyl (C=O) groups is 1. The van der Waals surface area contributed by atoms with Crippen LogP contribution in [0.5, 0.6) is 5.88 Å². The molecule has 1 saturated heterocycles. The third kappa shape index (κ3) is 3.94. The average molecular weight is 467 g/mol. The lowest BCUT2D eigenvalue weighted by Crippen LogP contribution is -2.28. The second-order valence-corrected chi connectivity index (χ2v) is 8.96. The van der Waals surface area contributed by atoms with Gasteiger partial charge in [-0.1, -0.05) is 6.92 Å². The van der Waals surface area contributed by atoms with Crippen molar-refractivity contribution in [3.63, 3.8) is 0 Å². The number of hydrogen-bond acceptors (Lipinski definition) is 8. The lowest BCUT2D eigenvalue weighted by atomic mass is 9.97. The molecule has 2 aliphatic rings. The number of nitrogens with zero attached hydrogens (tertiary/aromatic N) is 3. The molecule has 0 radical (unpaired) electrons. The Bertz CT molecular complexity index is 1280. The number of amides is 1. The molecule has 1 fully saturated rings. The van der Waals surface area contributed by atoms with Crippen molar-refractivity contribution in [2.24, 2.45) is 5.92 Å². The minimum Gasteiger partial charge on any atom is -0.474 e. The number of pyridine rings is 2. The van der Waals surface area contributed by atoms with Crippen LogP contribution >= 0.6 is 0 Å². The van der Waals surface area contributed by atoms with E-state index in [-0.39, 0.29) is 17.7 Å². The summed E-state index contributed by atoms with van der Waals surface area (Å²) in [4.78, 5) is 23.1. The Morgan fingerprint density at radius 3 is 2.88 bits per heavy atom. The van der Waals surface area contributed by atoms with E-state index in [0.717, 1.165) is 17.8 Å². The van der Waals surface area contributed by atoms with E-state index >= 15 is 4.39 Å². The van der Waals surface area contributed by atoms with Crippen LogP contribution in [0.25, 0.3) is 21.9 Å². The van der Waals surface area contributed by atoms with Crippen LogP contribution in [0.2, 0.25) is 0 Å². The van der Waals surface area contributed by atoms with Crippen molar-refractivity contribution < 1.29 is 18.7 Å². The Labute approximate surface area is 196 Å². The molecule has 4 heterocycles. The quantitative estimate of drug-likeness (QED) is 0.502. The molecule has 2 atom stereocenters. The number of nitrogen functional groups attached to an aromatic ring is 1. The molecule has 34 heavy (non-hydrogen) atoms. The van der Waals surface area contributed by atoms with Gasteiger partial charge in [-0.3, -0.25) is 5.32 Å². The number of carbonyl (C=O) groups excluding carboxylic acids is 1. The van der Waals surface area contributed by atoms with Crippen LogP contribution in [0.1, 0.15) is 12.5 Å². The summed E-state index contributed by atoms with van der Waals surface area (Å²) < 4.78 is 26.5. The fourth-order valence-electron chi connectivity index (χ4n) is 4.65. The first-order valence-corrected chi connectivity index (χ1v) is 11.2. The number of nitrogens with two attached hydrogens (primary N) is 1. The highest BCUT2D eigenvalue weighted by molar-refractivity contribution is 5.99. The Balaban J connectivity index is 1.46. The van der Waals surface area contributed by atoms with E-state index in [0.29, 0.717) is 53.3 Å². The van der Waals surface area contributed by atoms with Gasteiger partial charge in [0.2, 0.25) is 5.88 Å². The van der Waals surface area contributed by atoms with Crippen molar-refractivity contribution in [2.45, 2.75) is 20.0 Å². The van der Waals surface area contributed by atoms with Crippen LogP contribution in [0.15, 0.2) is 24.5 Å². The van der Waals surface area contributed by atoms with E-state index in [9.17, 15) is 4.79 Å². The Morgan fingerprint density at radius 2 is 2.12 bits per heavy atom. The van der Waals surface area contributed by atoms with Gasteiger partial charge < -0.3 is 25.4 Å². The number of ether oxygens (including phenoxy) is 2. The second kappa shape index (κ2) is 8.60. The lowest BCUT2D eigenvalue weighted by molar-refractivity contribution is 0.0974. The summed E-state index contributed by atoms with van der Waals surface area (Å²) in [5.74, 6) is 0.497. The third-order valence-electron chi connectivity index (χ3n) is 6.45. The van der Waals surface area contributed by atoms with Crippen LogP contribution in [-0.4, -0.2) is 60.4 Å². The van der Waals surface area contributed by atoms with Crippen molar-refractivity contribution in [2.75, 3.05) is 49.7 Å². The zero-order valence-electron chi connectivity index (χ0n) is 19.3. The molecule has 1 amide bonds. The smallest absolute Gasteiger partial charge is 0.413 e. The number of hydrogen-bond donors (Lipinski definition) is 3. The molecule has 0 unspecified atom stereocenters. The molecular weight excluding hydrogens is 439 g/mol. The molecule has 1 aromatic carbocycles. The van der Waals surface area contributed by atoms with Crippen LogP contribution in [0.4, 0.5) is 26.4 Å². The van der Waals surface area contributed by atoms with E-state index in [2.05, 4.69) is 25.5 Å². The maximum absolute atomic E-state index is 15.3. The van der Waals surface area contributed by atoms with Gasteiger partial charge in [0.1, 0.15) is 24.2 Å². The first kappa shape index (κ1) is 22.1. The molecule has 9 nitrogen and oxygen atoms in total. The van der Waals surface area contributed by atoms with Gasteiger partial charge >= 0.3 is 6.09 Å². The first-order chi connectivity index (χ1) is 16.3. The zero-order chi connectivity index (χ0) is 24.0. The van der Waals surface area contributed by atoms with Crippen LogP contribution in [0.3, 0.4) is 0 Å². The molecule has 2 aromatic heterocycles. The van der Waals surface area contributed by atoms with Gasteiger partial charge in [-0.2, -0.15) is 0 Å². The summed E-state index contributed by atoms with van der Waals surface area (Å²) in [6.45, 7) is 6.67. The number of nitrogens with one attached hydrogen (secondary N) is 2. The number of aromatic nitrogens is 2. The third-order valence-corrected chi connectivity index (χ3v) is 6.45. The molecule has 0 bridgehead atoms. The number of likely N-dealkylation sites (N-methyl/N-ethyl adjacent to an activating group) is 1. The van der Waals surface area contributed by atoms with Crippen molar-refractivity contribution in [3.8, 4) is 17.0 Å². The molecule has 2 aliphatic heterocycles.